The molecule has 1 aromatic rings. The molecule has 1 rings (SSSR count). The molecule has 0 aliphatic heterocycles. The van der Waals surface area contributed by atoms with Crippen molar-refractivity contribution in [2.24, 2.45) is 10.9 Å². The quantitative estimate of drug-likeness (QED) is 0.220. The largest absolute Gasteiger partial charge is 0.409 e. The number of pyridine rings is 1. The van der Waals surface area contributed by atoms with Crippen LogP contribution in [0.3, 0.4) is 0 Å². The van der Waals surface area contributed by atoms with Gasteiger partial charge in [-0.2, -0.15) is 0 Å². The molecular weight excluding hydrogens is 216 g/mol. The van der Waals surface area contributed by atoms with Gasteiger partial charge in [-0.25, -0.2) is 0 Å². The van der Waals surface area contributed by atoms with Crippen molar-refractivity contribution in [1.82, 2.24) is 10.3 Å². The summed E-state index contributed by atoms with van der Waals surface area (Å²) in [4.78, 5) is 4.11. The molecule has 0 radical (unpaired) electrons. The number of unbranched alkanes of at least 4 members (excludes halogenated alkanes) is 2. The van der Waals surface area contributed by atoms with Crippen LogP contribution in [0.15, 0.2) is 23.5 Å². The Morgan fingerprint density at radius 2 is 2.35 bits per heavy atom. The van der Waals surface area contributed by atoms with E-state index in [1.54, 1.807) is 6.20 Å². The van der Waals surface area contributed by atoms with Gasteiger partial charge < -0.3 is 16.3 Å². The molecule has 1 heterocycles. The zero-order valence-electron chi connectivity index (χ0n) is 10.2. The van der Waals surface area contributed by atoms with Gasteiger partial charge in [0.25, 0.3) is 0 Å². The fraction of sp³-hybridized carbons (Fsp3) is 0.500. The van der Waals surface area contributed by atoms with Crippen LogP contribution < -0.4 is 11.1 Å². The zero-order chi connectivity index (χ0) is 12.5. The first-order valence-corrected chi connectivity index (χ1v) is 5.92. The second-order valence-corrected chi connectivity index (χ2v) is 3.88. The molecule has 0 aliphatic carbocycles. The Balaban J connectivity index is 2.53. The zero-order valence-corrected chi connectivity index (χ0v) is 10.2. The highest BCUT2D eigenvalue weighted by molar-refractivity contribution is 5.96. The maximum atomic E-state index is 8.66. The van der Waals surface area contributed by atoms with Gasteiger partial charge in [-0.15, -0.1) is 0 Å². The minimum atomic E-state index is 0.0518. The van der Waals surface area contributed by atoms with Crippen molar-refractivity contribution in [3.63, 3.8) is 0 Å². The van der Waals surface area contributed by atoms with Crippen molar-refractivity contribution in [3.8, 4) is 0 Å². The minimum Gasteiger partial charge on any atom is -0.409 e. The van der Waals surface area contributed by atoms with Crippen LogP contribution in [-0.4, -0.2) is 22.6 Å². The second-order valence-electron chi connectivity index (χ2n) is 3.88. The Kier molecular flexibility index (Phi) is 6.03. The van der Waals surface area contributed by atoms with Gasteiger partial charge in [-0.1, -0.05) is 31.0 Å². The van der Waals surface area contributed by atoms with Crippen molar-refractivity contribution in [3.05, 3.63) is 29.6 Å². The number of hydrogen-bond donors (Lipinski definition) is 3. The van der Waals surface area contributed by atoms with Crippen LogP contribution in [0.25, 0.3) is 0 Å². The first-order chi connectivity index (χ1) is 8.29. The van der Waals surface area contributed by atoms with Crippen molar-refractivity contribution in [2.75, 3.05) is 6.54 Å². The summed E-state index contributed by atoms with van der Waals surface area (Å²) in [6.45, 7) is 3.83. The molecule has 0 aliphatic rings. The number of rotatable bonds is 7. The summed E-state index contributed by atoms with van der Waals surface area (Å²) in [7, 11) is 0. The minimum absolute atomic E-state index is 0.0518. The first kappa shape index (κ1) is 13.4. The standard InChI is InChI=1S/C12H20N4O/c1-2-3-4-7-14-9-10-6-5-8-15-11(10)12(13)16-17/h5-6,8,14,17H,2-4,7,9H2,1H3,(H2,13,16). The van der Waals surface area contributed by atoms with Crippen LogP contribution in [0, 0.1) is 0 Å². The fourth-order valence-corrected chi connectivity index (χ4v) is 1.58. The molecule has 0 fully saturated rings. The molecule has 0 aromatic carbocycles. The number of nitrogens with two attached hydrogens (primary N) is 1. The Morgan fingerprint density at radius 3 is 3.06 bits per heavy atom. The van der Waals surface area contributed by atoms with Crippen molar-refractivity contribution in [1.29, 1.82) is 0 Å². The first-order valence-electron chi connectivity index (χ1n) is 5.92. The third kappa shape index (κ3) is 4.40. The van der Waals surface area contributed by atoms with Crippen LogP contribution in [-0.2, 0) is 6.54 Å². The number of amidine groups is 1. The lowest BCUT2D eigenvalue weighted by molar-refractivity contribution is 0.318. The van der Waals surface area contributed by atoms with Crippen LogP contribution in [0.1, 0.15) is 37.4 Å². The summed E-state index contributed by atoms with van der Waals surface area (Å²) in [5.74, 6) is 0.0518. The summed E-state index contributed by atoms with van der Waals surface area (Å²) in [5.41, 5.74) is 7.04. The van der Waals surface area contributed by atoms with E-state index in [0.29, 0.717) is 12.2 Å². The topological polar surface area (TPSA) is 83.5 Å². The second kappa shape index (κ2) is 7.62. The van der Waals surface area contributed by atoms with E-state index in [1.807, 2.05) is 12.1 Å². The number of aromatic nitrogens is 1. The Bertz CT molecular complexity index is 365. The summed E-state index contributed by atoms with van der Waals surface area (Å²) in [5, 5.41) is 15.0. The van der Waals surface area contributed by atoms with E-state index in [-0.39, 0.29) is 5.84 Å². The van der Waals surface area contributed by atoms with E-state index in [4.69, 9.17) is 10.9 Å². The van der Waals surface area contributed by atoms with E-state index in [1.165, 1.54) is 12.8 Å². The molecule has 94 valence electrons. The van der Waals surface area contributed by atoms with E-state index in [2.05, 4.69) is 22.4 Å². The van der Waals surface area contributed by atoms with E-state index >= 15 is 0 Å². The average molecular weight is 236 g/mol. The molecule has 0 bridgehead atoms. The third-order valence-electron chi connectivity index (χ3n) is 2.51. The van der Waals surface area contributed by atoms with Crippen LogP contribution >= 0.6 is 0 Å². The normalized spacial score (nSPS) is 11.7. The summed E-state index contributed by atoms with van der Waals surface area (Å²) < 4.78 is 0. The molecule has 17 heavy (non-hydrogen) atoms. The molecular formula is C12H20N4O. The van der Waals surface area contributed by atoms with Crippen molar-refractivity contribution < 1.29 is 5.21 Å². The van der Waals surface area contributed by atoms with Crippen LogP contribution in [0.5, 0.6) is 0 Å². The molecule has 5 nitrogen and oxygen atoms in total. The maximum absolute atomic E-state index is 8.66. The molecule has 5 heteroatoms. The van der Waals surface area contributed by atoms with Gasteiger partial charge in [-0.05, 0) is 24.6 Å². The van der Waals surface area contributed by atoms with Crippen molar-refractivity contribution in [2.45, 2.75) is 32.7 Å². The van der Waals surface area contributed by atoms with Crippen molar-refractivity contribution >= 4 is 5.84 Å². The molecule has 0 saturated heterocycles. The van der Waals surface area contributed by atoms with Gasteiger partial charge in [-0.3, -0.25) is 4.98 Å². The highest BCUT2D eigenvalue weighted by atomic mass is 16.4. The van der Waals surface area contributed by atoms with Gasteiger partial charge in [0.2, 0.25) is 0 Å². The van der Waals surface area contributed by atoms with Crippen LogP contribution in [0.2, 0.25) is 0 Å². The third-order valence-corrected chi connectivity index (χ3v) is 2.51. The van der Waals surface area contributed by atoms with Gasteiger partial charge in [0.15, 0.2) is 5.84 Å². The lowest BCUT2D eigenvalue weighted by Gasteiger charge is -2.08. The summed E-state index contributed by atoms with van der Waals surface area (Å²) in [6.07, 6.45) is 5.24. The average Bonchev–Trinajstić information content (AvgIpc) is 2.38. The number of nitrogens with zero attached hydrogens (tertiary/aromatic N) is 2. The van der Waals surface area contributed by atoms with Gasteiger partial charge in [0, 0.05) is 12.7 Å². The molecule has 1 aromatic heterocycles. The van der Waals surface area contributed by atoms with Gasteiger partial charge in [0.05, 0.1) is 0 Å². The van der Waals surface area contributed by atoms with E-state index in [0.717, 1.165) is 18.5 Å². The molecule has 0 amide bonds. The predicted octanol–water partition coefficient (Wildman–Crippen LogP) is 1.46. The van der Waals surface area contributed by atoms with E-state index in [9.17, 15) is 0 Å². The molecule has 0 saturated carbocycles. The summed E-state index contributed by atoms with van der Waals surface area (Å²) in [6, 6.07) is 3.77. The van der Waals surface area contributed by atoms with Gasteiger partial charge in [0.1, 0.15) is 5.69 Å². The molecule has 0 atom stereocenters. The lowest BCUT2D eigenvalue weighted by atomic mass is 10.1. The highest BCUT2D eigenvalue weighted by Crippen LogP contribution is 2.04. The fourth-order valence-electron chi connectivity index (χ4n) is 1.58. The number of hydrogen-bond acceptors (Lipinski definition) is 4. The SMILES string of the molecule is CCCCCNCc1cccnc1C(N)=NO. The predicted molar refractivity (Wildman–Crippen MR) is 68.0 cm³/mol. The molecule has 0 spiro atoms. The molecule has 4 N–H and O–H groups in total. The summed E-state index contributed by atoms with van der Waals surface area (Å²) >= 11 is 0. The van der Waals surface area contributed by atoms with E-state index < -0.39 is 0 Å². The lowest BCUT2D eigenvalue weighted by Crippen LogP contribution is -2.21. The van der Waals surface area contributed by atoms with Crippen LogP contribution in [0.4, 0.5) is 0 Å². The monoisotopic (exact) mass is 236 g/mol. The highest BCUT2D eigenvalue weighted by Gasteiger charge is 2.07. The maximum Gasteiger partial charge on any atom is 0.189 e. The Hall–Kier alpha value is -1.62. The number of nitrogens with one attached hydrogen (secondary N) is 1. The molecule has 0 unspecified atom stereocenters. The Morgan fingerprint density at radius 1 is 1.53 bits per heavy atom. The Labute approximate surface area is 102 Å². The number of oxime groups is 1. The smallest absolute Gasteiger partial charge is 0.189 e. The van der Waals surface area contributed by atoms with Gasteiger partial charge >= 0.3 is 0 Å².